The molecule has 11 nitrogen and oxygen atoms in total. The first-order chi connectivity index (χ1) is 22.4. The van der Waals surface area contributed by atoms with E-state index in [0.29, 0.717) is 57.3 Å². The predicted molar refractivity (Wildman–Crippen MR) is 174 cm³/mol. The van der Waals surface area contributed by atoms with Crippen molar-refractivity contribution >= 4 is 21.8 Å². The Morgan fingerprint density at radius 1 is 0.522 bits per heavy atom. The Bertz CT molecular complexity index is 1960. The van der Waals surface area contributed by atoms with Gasteiger partial charge >= 0.3 is 0 Å². The van der Waals surface area contributed by atoms with Gasteiger partial charge in [0.2, 0.25) is 11.5 Å². The standard InChI is InChI=1S/C18H16N2O4.C17H17NO4/c1-21-16-7-13(8-17(22-2)18(16)23-3)24-12-4-5-15-14(6-12)11(9-19)10-20-15;1-19-15-9-13(10-16(20-2)17(15)21-3)22-12-4-5-14-11(8-12)6-7-18-14/h4-8,10,20H,1-3H3;4-10,18H,1-3H3. The molecule has 0 aliphatic rings. The van der Waals surface area contributed by atoms with Crippen molar-refractivity contribution < 1.29 is 37.9 Å². The fourth-order valence-corrected chi connectivity index (χ4v) is 4.85. The molecular formula is C35H33N3O8. The number of nitriles is 1. The van der Waals surface area contributed by atoms with Crippen molar-refractivity contribution in [2.75, 3.05) is 42.7 Å². The summed E-state index contributed by atoms with van der Waals surface area (Å²) >= 11 is 0. The number of hydrogen-bond acceptors (Lipinski definition) is 9. The van der Waals surface area contributed by atoms with E-state index in [2.05, 4.69) is 16.0 Å². The molecule has 236 valence electrons. The summed E-state index contributed by atoms with van der Waals surface area (Å²) in [6.07, 6.45) is 3.57. The second-order valence-electron chi connectivity index (χ2n) is 9.67. The third kappa shape index (κ3) is 6.51. The average Bonchev–Trinajstić information content (AvgIpc) is 3.73. The van der Waals surface area contributed by atoms with E-state index in [0.717, 1.165) is 27.6 Å². The van der Waals surface area contributed by atoms with Gasteiger partial charge in [0.15, 0.2) is 23.0 Å². The Hall–Kier alpha value is -6.15. The zero-order chi connectivity index (χ0) is 32.6. The van der Waals surface area contributed by atoms with Gasteiger partial charge in [-0.25, -0.2) is 0 Å². The summed E-state index contributed by atoms with van der Waals surface area (Å²) in [4.78, 5) is 6.20. The third-order valence-electron chi connectivity index (χ3n) is 7.05. The SMILES string of the molecule is COc1cc(Oc2ccc3[nH]cc(C#N)c3c2)cc(OC)c1OC.COc1cc(Oc2ccc3[nH]ccc3c2)cc(OC)c1OC. The number of methoxy groups -OCH3 is 6. The number of nitrogens with zero attached hydrogens (tertiary/aromatic N) is 1. The maximum absolute atomic E-state index is 9.14. The molecule has 4 aromatic carbocycles. The van der Waals surface area contributed by atoms with Crippen molar-refractivity contribution in [3.63, 3.8) is 0 Å². The predicted octanol–water partition coefficient (Wildman–Crippen LogP) is 7.84. The van der Waals surface area contributed by atoms with Crippen LogP contribution in [0, 0.1) is 11.3 Å². The molecule has 2 heterocycles. The van der Waals surface area contributed by atoms with E-state index >= 15 is 0 Å². The molecule has 0 aliphatic carbocycles. The van der Waals surface area contributed by atoms with Crippen LogP contribution in [0.3, 0.4) is 0 Å². The largest absolute Gasteiger partial charge is 0.493 e. The van der Waals surface area contributed by atoms with Crippen molar-refractivity contribution in [2.24, 2.45) is 0 Å². The van der Waals surface area contributed by atoms with Crippen LogP contribution in [0.4, 0.5) is 0 Å². The monoisotopic (exact) mass is 623 g/mol. The molecule has 0 bridgehead atoms. The first kappa shape index (κ1) is 31.3. The first-order valence-electron chi connectivity index (χ1n) is 14.0. The molecule has 0 spiro atoms. The lowest BCUT2D eigenvalue weighted by atomic mass is 10.2. The number of H-pyrrole nitrogens is 2. The van der Waals surface area contributed by atoms with E-state index in [4.69, 9.17) is 43.2 Å². The van der Waals surface area contributed by atoms with Crippen LogP contribution < -0.4 is 37.9 Å². The van der Waals surface area contributed by atoms with Crippen molar-refractivity contribution in [2.45, 2.75) is 0 Å². The fourth-order valence-electron chi connectivity index (χ4n) is 4.85. The van der Waals surface area contributed by atoms with E-state index < -0.39 is 0 Å². The molecule has 0 aliphatic heterocycles. The Morgan fingerprint density at radius 2 is 1.02 bits per heavy atom. The zero-order valence-corrected chi connectivity index (χ0v) is 26.2. The smallest absolute Gasteiger partial charge is 0.203 e. The van der Waals surface area contributed by atoms with E-state index in [1.165, 1.54) is 0 Å². The minimum absolute atomic E-state index is 0.500. The molecule has 6 aromatic rings. The normalized spacial score (nSPS) is 10.4. The Labute approximate surface area is 265 Å². The topological polar surface area (TPSA) is 129 Å². The molecular weight excluding hydrogens is 590 g/mol. The van der Waals surface area contributed by atoms with Crippen LogP contribution in [0.15, 0.2) is 79.1 Å². The maximum atomic E-state index is 9.14. The Morgan fingerprint density at radius 3 is 1.50 bits per heavy atom. The number of benzene rings is 4. The third-order valence-corrected chi connectivity index (χ3v) is 7.05. The van der Waals surface area contributed by atoms with Gasteiger partial charge in [-0.05, 0) is 42.5 Å². The minimum Gasteiger partial charge on any atom is -0.493 e. The highest BCUT2D eigenvalue weighted by Crippen LogP contribution is 2.43. The van der Waals surface area contributed by atoms with Crippen LogP contribution in [0.2, 0.25) is 0 Å². The first-order valence-corrected chi connectivity index (χ1v) is 14.0. The van der Waals surface area contributed by atoms with E-state index in [9.17, 15) is 0 Å². The summed E-state index contributed by atoms with van der Waals surface area (Å²) in [6.45, 7) is 0. The molecule has 0 radical (unpaired) electrons. The summed E-state index contributed by atoms with van der Waals surface area (Å²) in [5.74, 6) is 5.66. The van der Waals surface area contributed by atoms with Crippen LogP contribution in [0.5, 0.6) is 57.5 Å². The van der Waals surface area contributed by atoms with Crippen molar-refractivity contribution in [1.82, 2.24) is 9.97 Å². The highest BCUT2D eigenvalue weighted by molar-refractivity contribution is 5.87. The van der Waals surface area contributed by atoms with Gasteiger partial charge < -0.3 is 47.9 Å². The second kappa shape index (κ2) is 14.1. The van der Waals surface area contributed by atoms with Crippen LogP contribution in [-0.4, -0.2) is 52.6 Å². The molecule has 11 heteroatoms. The van der Waals surface area contributed by atoms with Gasteiger partial charge in [-0.1, -0.05) is 0 Å². The maximum Gasteiger partial charge on any atom is 0.203 e. The van der Waals surface area contributed by atoms with Crippen molar-refractivity contribution in [1.29, 1.82) is 5.26 Å². The lowest BCUT2D eigenvalue weighted by Crippen LogP contribution is -1.96. The summed E-state index contributed by atoms with van der Waals surface area (Å²) in [5, 5.41) is 11.0. The molecule has 2 aromatic heterocycles. The summed E-state index contributed by atoms with van der Waals surface area (Å²) < 4.78 is 43.7. The van der Waals surface area contributed by atoms with Gasteiger partial charge in [0.25, 0.3) is 0 Å². The number of hydrogen-bond donors (Lipinski definition) is 2. The number of aromatic nitrogens is 2. The van der Waals surface area contributed by atoms with Crippen molar-refractivity contribution in [3.05, 3.63) is 84.7 Å². The molecule has 0 saturated heterocycles. The Balaban J connectivity index is 0.000000182. The number of aromatic amines is 2. The zero-order valence-electron chi connectivity index (χ0n) is 26.2. The molecule has 0 fully saturated rings. The van der Waals surface area contributed by atoms with Gasteiger partial charge in [0, 0.05) is 58.5 Å². The van der Waals surface area contributed by atoms with E-state index in [1.54, 1.807) is 73.1 Å². The van der Waals surface area contributed by atoms with Gasteiger partial charge in [-0.2, -0.15) is 5.26 Å². The highest BCUT2D eigenvalue weighted by atomic mass is 16.5. The van der Waals surface area contributed by atoms with Gasteiger partial charge in [0.1, 0.15) is 29.1 Å². The highest BCUT2D eigenvalue weighted by Gasteiger charge is 2.16. The van der Waals surface area contributed by atoms with E-state index in [-0.39, 0.29) is 0 Å². The molecule has 0 atom stereocenters. The molecule has 6 rings (SSSR count). The summed E-state index contributed by atoms with van der Waals surface area (Å²) in [6, 6.07) is 22.5. The fraction of sp³-hybridized carbons (Fsp3) is 0.171. The van der Waals surface area contributed by atoms with Gasteiger partial charge in [-0.3, -0.25) is 0 Å². The van der Waals surface area contributed by atoms with Crippen LogP contribution >= 0.6 is 0 Å². The molecule has 0 unspecified atom stereocenters. The molecule has 0 saturated carbocycles. The van der Waals surface area contributed by atoms with Gasteiger partial charge in [0.05, 0.1) is 48.2 Å². The van der Waals surface area contributed by atoms with Crippen LogP contribution in [0.25, 0.3) is 21.8 Å². The average molecular weight is 624 g/mol. The lowest BCUT2D eigenvalue weighted by Gasteiger charge is -2.14. The van der Waals surface area contributed by atoms with Crippen LogP contribution in [-0.2, 0) is 0 Å². The quantitative estimate of drug-likeness (QED) is 0.157. The number of fused-ring (bicyclic) bond motifs is 2. The molecule has 0 amide bonds. The number of ether oxygens (including phenoxy) is 8. The lowest BCUT2D eigenvalue weighted by molar-refractivity contribution is 0.321. The molecule has 46 heavy (non-hydrogen) atoms. The van der Waals surface area contributed by atoms with Gasteiger partial charge in [-0.15, -0.1) is 0 Å². The van der Waals surface area contributed by atoms with Crippen LogP contribution in [0.1, 0.15) is 5.56 Å². The Kier molecular flexibility index (Phi) is 9.58. The van der Waals surface area contributed by atoms with Crippen molar-refractivity contribution in [3.8, 4) is 63.6 Å². The van der Waals surface area contributed by atoms with E-state index in [1.807, 2.05) is 48.7 Å². The molecule has 2 N–H and O–H groups in total. The summed E-state index contributed by atoms with van der Waals surface area (Å²) in [7, 11) is 9.36. The minimum atomic E-state index is 0.500. The number of nitrogens with one attached hydrogen (secondary N) is 2. The summed E-state index contributed by atoms with van der Waals surface area (Å²) in [5.41, 5.74) is 2.52. The number of rotatable bonds is 10. The second-order valence-corrected chi connectivity index (χ2v) is 9.67.